The van der Waals surface area contributed by atoms with Crippen LogP contribution in [0.25, 0.3) is 0 Å². The van der Waals surface area contributed by atoms with E-state index in [2.05, 4.69) is 5.32 Å². The monoisotopic (exact) mass is 197 g/mol. The van der Waals surface area contributed by atoms with Gasteiger partial charge in [-0.25, -0.2) is 0 Å². The summed E-state index contributed by atoms with van der Waals surface area (Å²) in [5, 5.41) is 4.18. The van der Waals surface area contributed by atoms with Crippen molar-refractivity contribution in [3.05, 3.63) is 34.9 Å². The summed E-state index contributed by atoms with van der Waals surface area (Å²) in [5.41, 5.74) is 1.13. The maximum Gasteiger partial charge on any atom is 0.0662 e. The van der Waals surface area contributed by atoms with E-state index in [-0.39, 0.29) is 6.04 Å². The van der Waals surface area contributed by atoms with E-state index in [1.54, 1.807) is 0 Å². The largest absolute Gasteiger partial charge is 0.378 e. The van der Waals surface area contributed by atoms with Gasteiger partial charge in [-0.2, -0.15) is 0 Å². The lowest BCUT2D eigenvalue weighted by atomic mass is 10.1. The van der Waals surface area contributed by atoms with Crippen molar-refractivity contribution in [3.8, 4) is 0 Å². The fourth-order valence-electron chi connectivity index (χ4n) is 1.52. The Morgan fingerprint density at radius 2 is 2.23 bits per heavy atom. The zero-order valence-electron chi connectivity index (χ0n) is 7.29. The molecule has 0 radical (unpaired) electrons. The van der Waals surface area contributed by atoms with Crippen LogP contribution in [-0.4, -0.2) is 19.8 Å². The molecule has 1 aliphatic heterocycles. The van der Waals surface area contributed by atoms with E-state index in [0.717, 1.165) is 23.7 Å². The maximum atomic E-state index is 6.06. The predicted octanol–water partition coefficient (Wildman–Crippen LogP) is 2.00. The van der Waals surface area contributed by atoms with E-state index in [0.29, 0.717) is 6.61 Å². The standard InChI is InChI=1S/C10H12ClNO/c11-9-4-2-1-3-8(9)10-7-13-6-5-12-10/h1-4,10,12H,5-7H2/t10-/m0/s1. The first-order valence-corrected chi connectivity index (χ1v) is 4.81. The van der Waals surface area contributed by atoms with Gasteiger partial charge in [-0.3, -0.25) is 0 Å². The van der Waals surface area contributed by atoms with Crippen LogP contribution in [0.5, 0.6) is 0 Å². The Hall–Kier alpha value is -0.570. The third-order valence-electron chi connectivity index (χ3n) is 2.20. The molecule has 0 saturated carbocycles. The van der Waals surface area contributed by atoms with Crippen molar-refractivity contribution in [2.45, 2.75) is 6.04 Å². The molecule has 0 amide bonds. The molecule has 1 fully saturated rings. The highest BCUT2D eigenvalue weighted by molar-refractivity contribution is 6.31. The Kier molecular flexibility index (Phi) is 2.83. The van der Waals surface area contributed by atoms with Crippen LogP contribution in [0.1, 0.15) is 11.6 Å². The van der Waals surface area contributed by atoms with Gasteiger partial charge in [0.05, 0.1) is 19.3 Å². The molecular weight excluding hydrogens is 186 g/mol. The van der Waals surface area contributed by atoms with Gasteiger partial charge in [0.25, 0.3) is 0 Å². The molecule has 1 atom stereocenters. The summed E-state index contributed by atoms with van der Waals surface area (Å²) in [6, 6.07) is 8.14. The van der Waals surface area contributed by atoms with Gasteiger partial charge in [0.2, 0.25) is 0 Å². The van der Waals surface area contributed by atoms with Gasteiger partial charge in [-0.15, -0.1) is 0 Å². The Bertz CT molecular complexity index is 284. The highest BCUT2D eigenvalue weighted by atomic mass is 35.5. The minimum absolute atomic E-state index is 0.252. The second kappa shape index (κ2) is 4.09. The van der Waals surface area contributed by atoms with Crippen LogP contribution >= 0.6 is 11.6 Å². The fraction of sp³-hybridized carbons (Fsp3) is 0.400. The van der Waals surface area contributed by atoms with Gasteiger partial charge in [0.1, 0.15) is 0 Å². The number of halogens is 1. The van der Waals surface area contributed by atoms with Crippen molar-refractivity contribution < 1.29 is 4.74 Å². The second-order valence-corrected chi connectivity index (χ2v) is 3.51. The summed E-state index contributed by atoms with van der Waals surface area (Å²) in [7, 11) is 0. The van der Waals surface area contributed by atoms with Gasteiger partial charge in [0.15, 0.2) is 0 Å². The summed E-state index contributed by atoms with van der Waals surface area (Å²) < 4.78 is 5.37. The molecule has 2 nitrogen and oxygen atoms in total. The molecule has 2 rings (SSSR count). The lowest BCUT2D eigenvalue weighted by Crippen LogP contribution is -2.34. The van der Waals surface area contributed by atoms with Crippen LogP contribution in [0.4, 0.5) is 0 Å². The lowest BCUT2D eigenvalue weighted by Gasteiger charge is -2.24. The average Bonchev–Trinajstić information content (AvgIpc) is 2.20. The van der Waals surface area contributed by atoms with Crippen molar-refractivity contribution in [2.24, 2.45) is 0 Å². The molecule has 70 valence electrons. The second-order valence-electron chi connectivity index (χ2n) is 3.10. The van der Waals surface area contributed by atoms with Crippen LogP contribution in [0.15, 0.2) is 24.3 Å². The third kappa shape index (κ3) is 2.02. The third-order valence-corrected chi connectivity index (χ3v) is 2.55. The maximum absolute atomic E-state index is 6.06. The first-order chi connectivity index (χ1) is 6.38. The topological polar surface area (TPSA) is 21.3 Å². The van der Waals surface area contributed by atoms with Gasteiger partial charge >= 0.3 is 0 Å². The molecule has 0 unspecified atom stereocenters. The Morgan fingerprint density at radius 1 is 1.38 bits per heavy atom. The number of hydrogen-bond donors (Lipinski definition) is 1. The van der Waals surface area contributed by atoms with E-state index in [1.807, 2.05) is 24.3 Å². The highest BCUT2D eigenvalue weighted by Gasteiger charge is 2.16. The lowest BCUT2D eigenvalue weighted by molar-refractivity contribution is 0.0769. The van der Waals surface area contributed by atoms with Gasteiger partial charge in [0, 0.05) is 11.6 Å². The normalized spacial score (nSPS) is 23.0. The minimum atomic E-state index is 0.252. The van der Waals surface area contributed by atoms with Crippen molar-refractivity contribution in [1.29, 1.82) is 0 Å². The zero-order chi connectivity index (χ0) is 9.10. The molecule has 0 aromatic heterocycles. The van der Waals surface area contributed by atoms with Crippen molar-refractivity contribution in [1.82, 2.24) is 5.32 Å². The highest BCUT2D eigenvalue weighted by Crippen LogP contribution is 2.23. The minimum Gasteiger partial charge on any atom is -0.378 e. The van der Waals surface area contributed by atoms with Gasteiger partial charge in [-0.1, -0.05) is 29.8 Å². The zero-order valence-corrected chi connectivity index (χ0v) is 8.05. The average molecular weight is 198 g/mol. The van der Waals surface area contributed by atoms with Crippen LogP contribution in [0.2, 0.25) is 5.02 Å². The number of morpholine rings is 1. The molecule has 0 aliphatic carbocycles. The van der Waals surface area contributed by atoms with E-state index >= 15 is 0 Å². The van der Waals surface area contributed by atoms with Crippen LogP contribution in [0, 0.1) is 0 Å². The van der Waals surface area contributed by atoms with E-state index in [9.17, 15) is 0 Å². The summed E-state index contributed by atoms with van der Waals surface area (Å²) >= 11 is 6.06. The molecule has 13 heavy (non-hydrogen) atoms. The van der Waals surface area contributed by atoms with E-state index < -0.39 is 0 Å². The van der Waals surface area contributed by atoms with Crippen LogP contribution < -0.4 is 5.32 Å². The Balaban J connectivity index is 2.18. The molecule has 1 saturated heterocycles. The van der Waals surface area contributed by atoms with Gasteiger partial charge in [-0.05, 0) is 11.6 Å². The number of ether oxygens (including phenoxy) is 1. The van der Waals surface area contributed by atoms with Crippen molar-refractivity contribution in [3.63, 3.8) is 0 Å². The molecule has 1 aliphatic rings. The number of rotatable bonds is 1. The summed E-state index contributed by atoms with van der Waals surface area (Å²) in [6.07, 6.45) is 0. The van der Waals surface area contributed by atoms with Crippen LogP contribution in [-0.2, 0) is 4.74 Å². The molecule has 0 bridgehead atoms. The summed E-state index contributed by atoms with van der Waals surface area (Å²) in [6.45, 7) is 2.40. The van der Waals surface area contributed by atoms with Crippen molar-refractivity contribution in [2.75, 3.05) is 19.8 Å². The molecule has 1 heterocycles. The molecule has 3 heteroatoms. The number of benzene rings is 1. The van der Waals surface area contributed by atoms with Gasteiger partial charge < -0.3 is 10.1 Å². The quantitative estimate of drug-likeness (QED) is 0.744. The fourth-order valence-corrected chi connectivity index (χ4v) is 1.79. The van der Waals surface area contributed by atoms with Crippen LogP contribution in [0.3, 0.4) is 0 Å². The molecular formula is C10H12ClNO. The van der Waals surface area contributed by atoms with Crippen molar-refractivity contribution >= 4 is 11.6 Å². The Labute approximate surface area is 82.9 Å². The number of hydrogen-bond acceptors (Lipinski definition) is 2. The van der Waals surface area contributed by atoms with E-state index in [4.69, 9.17) is 16.3 Å². The number of nitrogens with one attached hydrogen (secondary N) is 1. The first-order valence-electron chi connectivity index (χ1n) is 4.43. The van der Waals surface area contributed by atoms with E-state index in [1.165, 1.54) is 0 Å². The summed E-state index contributed by atoms with van der Waals surface area (Å²) in [4.78, 5) is 0. The molecule has 1 aromatic rings. The molecule has 0 spiro atoms. The predicted molar refractivity (Wildman–Crippen MR) is 53.0 cm³/mol. The summed E-state index contributed by atoms with van der Waals surface area (Å²) in [5.74, 6) is 0. The molecule has 1 N–H and O–H groups in total. The SMILES string of the molecule is Clc1ccccc1[C@@H]1COCCN1. The molecule has 1 aromatic carbocycles. The Morgan fingerprint density at radius 3 is 2.92 bits per heavy atom. The first kappa shape index (κ1) is 9.00. The smallest absolute Gasteiger partial charge is 0.0662 e.